The second kappa shape index (κ2) is 12.8. The summed E-state index contributed by atoms with van der Waals surface area (Å²) in [5.41, 5.74) is 11.6. The Morgan fingerprint density at radius 1 is 0.321 bits per heavy atom. The highest BCUT2D eigenvalue weighted by Crippen LogP contribution is 2.40. The topological polar surface area (TPSA) is 64.7 Å². The van der Waals surface area contributed by atoms with Crippen molar-refractivity contribution in [2.24, 2.45) is 0 Å². The molecule has 248 valence electrons. The Morgan fingerprint density at radius 2 is 0.755 bits per heavy atom. The molecule has 0 N–H and O–H groups in total. The van der Waals surface area contributed by atoms with Crippen molar-refractivity contribution in [1.29, 1.82) is 0 Å². The predicted octanol–water partition coefficient (Wildman–Crippen LogP) is 12.3. The summed E-state index contributed by atoms with van der Waals surface area (Å²) in [6.07, 6.45) is 0. The van der Waals surface area contributed by atoms with E-state index >= 15 is 0 Å². The van der Waals surface area contributed by atoms with Crippen LogP contribution in [0.15, 0.2) is 186 Å². The highest BCUT2D eigenvalue weighted by molar-refractivity contribution is 6.19. The molecule has 0 unspecified atom stereocenters. The van der Waals surface area contributed by atoms with Crippen molar-refractivity contribution >= 4 is 32.8 Å². The van der Waals surface area contributed by atoms with Gasteiger partial charge in [0.2, 0.25) is 0 Å². The second-order valence-corrected chi connectivity index (χ2v) is 13.1. The molecule has 10 rings (SSSR count). The summed E-state index contributed by atoms with van der Waals surface area (Å²) < 4.78 is 6.61. The third kappa shape index (κ3) is 5.61. The Labute approximate surface area is 305 Å². The van der Waals surface area contributed by atoms with E-state index in [9.17, 15) is 0 Å². The van der Waals surface area contributed by atoms with Gasteiger partial charge in [0.05, 0.1) is 16.6 Å². The van der Waals surface area contributed by atoms with Crippen molar-refractivity contribution in [3.8, 4) is 67.7 Å². The SMILES string of the molecule is c1ccc(-c2ccc(-c3nc(-c4ccc(-c5ccccc5)cc4)nc(-c4ccc5nc(-c6ccccc6)c6c7ccccc7oc6c5c4)n3)cc2)cc1. The first-order valence-electron chi connectivity index (χ1n) is 17.6. The lowest BCUT2D eigenvalue weighted by molar-refractivity contribution is 0.672. The first-order chi connectivity index (χ1) is 26.2. The van der Waals surface area contributed by atoms with Gasteiger partial charge in [-0.2, -0.15) is 0 Å². The Balaban J connectivity index is 1.14. The molecule has 0 aliphatic rings. The molecule has 0 radical (unpaired) electrons. The zero-order valence-corrected chi connectivity index (χ0v) is 28.5. The van der Waals surface area contributed by atoms with Crippen LogP contribution in [0.1, 0.15) is 0 Å². The fraction of sp³-hybridized carbons (Fsp3) is 0. The van der Waals surface area contributed by atoms with E-state index in [0.717, 1.165) is 83.0 Å². The molecule has 0 aliphatic heterocycles. The standard InChI is InChI=1S/C48H30N4O/c1-4-12-31(13-5-1)33-20-24-36(25-21-33)46-50-47(37-26-22-34(23-27-37)32-14-6-2-7-15-32)52-48(51-46)38-28-29-41-40(30-38)45-43(39-18-10-11-19-42(39)53-45)44(49-41)35-16-8-3-9-17-35/h1-30H. The van der Waals surface area contributed by atoms with Gasteiger partial charge in [-0.05, 0) is 46.5 Å². The van der Waals surface area contributed by atoms with Crippen molar-refractivity contribution in [3.63, 3.8) is 0 Å². The molecule has 0 aliphatic carbocycles. The molecular formula is C48H30N4O. The molecule has 3 aromatic heterocycles. The maximum absolute atomic E-state index is 6.61. The lowest BCUT2D eigenvalue weighted by atomic mass is 10.0. The van der Waals surface area contributed by atoms with Crippen LogP contribution in [0.2, 0.25) is 0 Å². The number of hydrogen-bond acceptors (Lipinski definition) is 5. The molecule has 3 heterocycles. The Bertz CT molecular complexity index is 2800. The molecule has 0 fully saturated rings. The van der Waals surface area contributed by atoms with Crippen molar-refractivity contribution in [2.45, 2.75) is 0 Å². The van der Waals surface area contributed by atoms with E-state index in [1.54, 1.807) is 0 Å². The van der Waals surface area contributed by atoms with Gasteiger partial charge in [0.15, 0.2) is 17.5 Å². The van der Waals surface area contributed by atoms with Gasteiger partial charge in [0.1, 0.15) is 11.2 Å². The van der Waals surface area contributed by atoms with Crippen LogP contribution < -0.4 is 0 Å². The predicted molar refractivity (Wildman–Crippen MR) is 215 cm³/mol. The average Bonchev–Trinajstić information content (AvgIpc) is 3.64. The van der Waals surface area contributed by atoms with E-state index in [-0.39, 0.29) is 0 Å². The van der Waals surface area contributed by atoms with Crippen molar-refractivity contribution in [1.82, 2.24) is 19.9 Å². The zero-order valence-electron chi connectivity index (χ0n) is 28.5. The van der Waals surface area contributed by atoms with Gasteiger partial charge in [0.25, 0.3) is 0 Å². The lowest BCUT2D eigenvalue weighted by Crippen LogP contribution is -2.00. The van der Waals surface area contributed by atoms with E-state index < -0.39 is 0 Å². The van der Waals surface area contributed by atoms with Crippen LogP contribution in [-0.2, 0) is 0 Å². The molecule has 0 spiro atoms. The minimum atomic E-state index is 0.572. The van der Waals surface area contributed by atoms with Crippen molar-refractivity contribution in [2.75, 3.05) is 0 Å². The van der Waals surface area contributed by atoms with E-state index in [4.69, 9.17) is 24.4 Å². The average molecular weight is 679 g/mol. The molecule has 10 aromatic rings. The van der Waals surface area contributed by atoms with Crippen LogP contribution in [0.5, 0.6) is 0 Å². The molecule has 53 heavy (non-hydrogen) atoms. The van der Waals surface area contributed by atoms with Crippen LogP contribution in [0.4, 0.5) is 0 Å². The van der Waals surface area contributed by atoms with E-state index in [1.165, 1.54) is 0 Å². The molecule has 0 bridgehead atoms. The summed E-state index contributed by atoms with van der Waals surface area (Å²) in [7, 11) is 0. The number of benzene rings is 7. The van der Waals surface area contributed by atoms with Gasteiger partial charge in [0, 0.05) is 33.0 Å². The van der Waals surface area contributed by atoms with Crippen LogP contribution in [0.3, 0.4) is 0 Å². The molecule has 0 atom stereocenters. The first-order valence-corrected chi connectivity index (χ1v) is 17.6. The number of para-hydroxylation sites is 1. The normalized spacial score (nSPS) is 11.4. The van der Waals surface area contributed by atoms with E-state index in [1.807, 2.05) is 60.7 Å². The highest BCUT2D eigenvalue weighted by atomic mass is 16.3. The number of hydrogen-bond donors (Lipinski definition) is 0. The summed E-state index contributed by atoms with van der Waals surface area (Å²) >= 11 is 0. The number of pyridine rings is 1. The number of furan rings is 1. The van der Waals surface area contributed by atoms with Gasteiger partial charge in [-0.1, -0.05) is 158 Å². The number of rotatable bonds is 6. The summed E-state index contributed by atoms with van der Waals surface area (Å²) in [6, 6.07) is 62.1. The fourth-order valence-electron chi connectivity index (χ4n) is 7.05. The van der Waals surface area contributed by atoms with Crippen LogP contribution in [0.25, 0.3) is 101 Å². The molecule has 5 nitrogen and oxygen atoms in total. The van der Waals surface area contributed by atoms with Gasteiger partial charge < -0.3 is 4.42 Å². The summed E-state index contributed by atoms with van der Waals surface area (Å²) in [6.45, 7) is 0. The monoisotopic (exact) mass is 678 g/mol. The molecule has 7 aromatic carbocycles. The maximum atomic E-state index is 6.61. The summed E-state index contributed by atoms with van der Waals surface area (Å²) in [5, 5.41) is 2.92. The molecule has 0 amide bonds. The first kappa shape index (κ1) is 30.6. The van der Waals surface area contributed by atoms with Crippen molar-refractivity contribution < 1.29 is 4.42 Å². The van der Waals surface area contributed by atoms with Crippen LogP contribution in [0, 0.1) is 0 Å². The van der Waals surface area contributed by atoms with E-state index in [2.05, 4.69) is 121 Å². The largest absolute Gasteiger partial charge is 0.455 e. The number of fused-ring (bicyclic) bond motifs is 5. The Morgan fingerprint density at radius 3 is 1.32 bits per heavy atom. The van der Waals surface area contributed by atoms with Gasteiger partial charge in [-0.3, -0.25) is 0 Å². The third-order valence-corrected chi connectivity index (χ3v) is 9.75. The smallest absolute Gasteiger partial charge is 0.164 e. The fourth-order valence-corrected chi connectivity index (χ4v) is 7.05. The Hall–Kier alpha value is -7.24. The third-order valence-electron chi connectivity index (χ3n) is 9.75. The molecular weight excluding hydrogens is 649 g/mol. The second-order valence-electron chi connectivity index (χ2n) is 13.1. The Kier molecular flexibility index (Phi) is 7.40. The lowest BCUT2D eigenvalue weighted by Gasteiger charge is -2.11. The molecule has 0 saturated heterocycles. The maximum Gasteiger partial charge on any atom is 0.164 e. The van der Waals surface area contributed by atoms with Gasteiger partial charge in [-0.15, -0.1) is 0 Å². The molecule has 0 saturated carbocycles. The minimum Gasteiger partial charge on any atom is -0.455 e. The van der Waals surface area contributed by atoms with E-state index in [0.29, 0.717) is 17.5 Å². The zero-order chi connectivity index (χ0) is 35.1. The quantitative estimate of drug-likeness (QED) is 0.175. The summed E-state index contributed by atoms with van der Waals surface area (Å²) in [5.74, 6) is 1.77. The van der Waals surface area contributed by atoms with Crippen LogP contribution >= 0.6 is 0 Å². The van der Waals surface area contributed by atoms with Gasteiger partial charge in [-0.25, -0.2) is 19.9 Å². The minimum absolute atomic E-state index is 0.572. The van der Waals surface area contributed by atoms with Crippen molar-refractivity contribution in [3.05, 3.63) is 182 Å². The number of aromatic nitrogens is 4. The molecule has 5 heteroatoms. The number of nitrogens with zero attached hydrogens (tertiary/aromatic N) is 4. The van der Waals surface area contributed by atoms with Gasteiger partial charge >= 0.3 is 0 Å². The van der Waals surface area contributed by atoms with Crippen LogP contribution in [-0.4, -0.2) is 19.9 Å². The highest BCUT2D eigenvalue weighted by Gasteiger charge is 2.19. The summed E-state index contributed by atoms with van der Waals surface area (Å²) in [4.78, 5) is 20.4.